The van der Waals surface area contributed by atoms with E-state index in [1.165, 1.54) is 23.1 Å². The van der Waals surface area contributed by atoms with E-state index in [1.54, 1.807) is 30.3 Å². The van der Waals surface area contributed by atoms with Crippen LogP contribution >= 0.6 is 15.9 Å². The first kappa shape index (κ1) is 22.7. The molecule has 0 aliphatic carbocycles. The highest BCUT2D eigenvalue weighted by Gasteiger charge is 2.46. The number of carboxylic acids is 1. The van der Waals surface area contributed by atoms with Crippen molar-refractivity contribution in [3.05, 3.63) is 75.5 Å². The standard InChI is InChI=1S/C23H21BrFNO5/c24-15-11-9-14(10-12-15)21(29)19-20(16-6-3-4-7-17(16)25)26(23(31)22(19)30)13-5-1-2-8-18(27)28/h3-4,6-7,9-12,20,29H,1-2,5,8,13H2,(H,27,28)/b21-19+. The first-order valence-corrected chi connectivity index (χ1v) is 10.6. The summed E-state index contributed by atoms with van der Waals surface area (Å²) in [6.45, 7) is 0.139. The van der Waals surface area contributed by atoms with Crippen molar-refractivity contribution in [3.63, 3.8) is 0 Å². The average molecular weight is 490 g/mol. The number of aliphatic carboxylic acids is 1. The summed E-state index contributed by atoms with van der Waals surface area (Å²) in [7, 11) is 0. The number of amides is 1. The molecule has 2 aromatic carbocycles. The Balaban J connectivity index is 1.99. The number of benzene rings is 2. The second kappa shape index (κ2) is 9.87. The van der Waals surface area contributed by atoms with Crippen LogP contribution in [0.2, 0.25) is 0 Å². The van der Waals surface area contributed by atoms with E-state index in [0.717, 1.165) is 4.47 Å². The second-order valence-electron chi connectivity index (χ2n) is 7.23. The quantitative estimate of drug-likeness (QED) is 0.243. The van der Waals surface area contributed by atoms with Gasteiger partial charge in [0.25, 0.3) is 11.7 Å². The molecule has 31 heavy (non-hydrogen) atoms. The lowest BCUT2D eigenvalue weighted by Crippen LogP contribution is -2.31. The number of Topliss-reactive ketones (excluding diaryl/α,β-unsaturated/α-hetero) is 1. The van der Waals surface area contributed by atoms with Gasteiger partial charge in [-0.2, -0.15) is 0 Å². The molecule has 2 aromatic rings. The van der Waals surface area contributed by atoms with Crippen LogP contribution in [0.1, 0.15) is 42.9 Å². The minimum Gasteiger partial charge on any atom is -0.507 e. The van der Waals surface area contributed by atoms with E-state index in [4.69, 9.17) is 5.11 Å². The molecule has 6 nitrogen and oxygen atoms in total. The molecule has 1 saturated heterocycles. The van der Waals surface area contributed by atoms with Gasteiger partial charge in [0.15, 0.2) is 0 Å². The number of ketones is 1. The Hall–Kier alpha value is -3.00. The van der Waals surface area contributed by atoms with Crippen LogP contribution < -0.4 is 0 Å². The number of aliphatic hydroxyl groups excluding tert-OH is 1. The maximum atomic E-state index is 14.7. The zero-order chi connectivity index (χ0) is 22.5. The third-order valence-electron chi connectivity index (χ3n) is 5.15. The summed E-state index contributed by atoms with van der Waals surface area (Å²) in [5, 5.41) is 19.6. The van der Waals surface area contributed by atoms with Gasteiger partial charge in [-0.15, -0.1) is 0 Å². The molecule has 1 aliphatic rings. The molecule has 0 aromatic heterocycles. The lowest BCUT2D eigenvalue weighted by atomic mass is 9.95. The molecule has 1 aliphatic heterocycles. The fourth-order valence-corrected chi connectivity index (χ4v) is 3.89. The van der Waals surface area contributed by atoms with Crippen molar-refractivity contribution in [3.8, 4) is 0 Å². The molecule has 0 saturated carbocycles. The van der Waals surface area contributed by atoms with Gasteiger partial charge in [0.2, 0.25) is 0 Å². The molecular formula is C23H21BrFNO5. The molecule has 1 unspecified atom stereocenters. The van der Waals surface area contributed by atoms with Crippen LogP contribution in [0.15, 0.2) is 58.6 Å². The highest BCUT2D eigenvalue weighted by molar-refractivity contribution is 9.10. The summed E-state index contributed by atoms with van der Waals surface area (Å²) in [5.41, 5.74) is 0.290. The smallest absolute Gasteiger partial charge is 0.303 e. The molecule has 0 bridgehead atoms. The van der Waals surface area contributed by atoms with Crippen molar-refractivity contribution >= 4 is 39.3 Å². The highest BCUT2D eigenvalue weighted by Crippen LogP contribution is 2.40. The van der Waals surface area contributed by atoms with E-state index in [0.29, 0.717) is 24.8 Å². The van der Waals surface area contributed by atoms with Gasteiger partial charge in [-0.05, 0) is 31.0 Å². The average Bonchev–Trinajstić information content (AvgIpc) is 2.98. The molecule has 0 radical (unpaired) electrons. The van der Waals surface area contributed by atoms with Crippen molar-refractivity contribution in [1.82, 2.24) is 4.90 Å². The second-order valence-corrected chi connectivity index (χ2v) is 8.14. The molecule has 8 heteroatoms. The Kier molecular flexibility index (Phi) is 7.22. The Labute approximate surface area is 187 Å². The van der Waals surface area contributed by atoms with Gasteiger partial charge >= 0.3 is 5.97 Å². The number of unbranched alkanes of at least 4 members (excludes halogenated alkanes) is 2. The largest absolute Gasteiger partial charge is 0.507 e. The third-order valence-corrected chi connectivity index (χ3v) is 5.68. The Morgan fingerprint density at radius 2 is 1.68 bits per heavy atom. The van der Waals surface area contributed by atoms with Crippen molar-refractivity contribution in [2.75, 3.05) is 6.54 Å². The molecule has 1 amide bonds. The molecule has 1 atom stereocenters. The fraction of sp³-hybridized carbons (Fsp3) is 0.261. The molecule has 1 heterocycles. The van der Waals surface area contributed by atoms with Crippen LogP contribution in [0, 0.1) is 5.82 Å². The van der Waals surface area contributed by atoms with E-state index < -0.39 is 29.5 Å². The van der Waals surface area contributed by atoms with Crippen molar-refractivity contribution in [2.45, 2.75) is 31.7 Å². The van der Waals surface area contributed by atoms with Crippen LogP contribution in [-0.2, 0) is 14.4 Å². The number of aliphatic hydroxyl groups is 1. The predicted octanol–water partition coefficient (Wildman–Crippen LogP) is 4.65. The minimum absolute atomic E-state index is 0.0130. The number of halogens is 2. The Morgan fingerprint density at radius 1 is 1.00 bits per heavy atom. The van der Waals surface area contributed by atoms with Crippen LogP contribution in [0.5, 0.6) is 0 Å². The topological polar surface area (TPSA) is 94.9 Å². The van der Waals surface area contributed by atoms with E-state index in [-0.39, 0.29) is 29.9 Å². The van der Waals surface area contributed by atoms with Crippen LogP contribution in [-0.4, -0.2) is 39.3 Å². The summed E-state index contributed by atoms with van der Waals surface area (Å²) in [4.78, 5) is 37.6. The fourth-order valence-electron chi connectivity index (χ4n) is 3.63. The van der Waals surface area contributed by atoms with Gasteiger partial charge in [-0.1, -0.05) is 52.7 Å². The normalized spacial score (nSPS) is 17.9. The maximum absolute atomic E-state index is 14.7. The molecule has 3 rings (SSSR count). The predicted molar refractivity (Wildman–Crippen MR) is 116 cm³/mol. The molecule has 162 valence electrons. The van der Waals surface area contributed by atoms with Gasteiger partial charge in [0, 0.05) is 28.6 Å². The Bertz CT molecular complexity index is 1030. The number of hydrogen-bond acceptors (Lipinski definition) is 4. The Morgan fingerprint density at radius 3 is 2.32 bits per heavy atom. The maximum Gasteiger partial charge on any atom is 0.303 e. The zero-order valence-electron chi connectivity index (χ0n) is 16.6. The van der Waals surface area contributed by atoms with Gasteiger partial charge in [-0.25, -0.2) is 4.39 Å². The summed E-state index contributed by atoms with van der Waals surface area (Å²) >= 11 is 3.30. The van der Waals surface area contributed by atoms with Gasteiger partial charge in [0.05, 0.1) is 11.6 Å². The molecule has 2 N–H and O–H groups in total. The summed E-state index contributed by atoms with van der Waals surface area (Å²) in [6, 6.07) is 11.3. The summed E-state index contributed by atoms with van der Waals surface area (Å²) in [6.07, 6.45) is 1.43. The summed E-state index contributed by atoms with van der Waals surface area (Å²) in [5.74, 6) is -3.55. The number of likely N-dealkylation sites (tertiary alicyclic amines) is 1. The van der Waals surface area contributed by atoms with Crippen molar-refractivity contribution < 1.29 is 29.0 Å². The van der Waals surface area contributed by atoms with Crippen LogP contribution in [0.25, 0.3) is 5.76 Å². The van der Waals surface area contributed by atoms with E-state index in [9.17, 15) is 23.9 Å². The zero-order valence-corrected chi connectivity index (χ0v) is 18.1. The molecule has 0 spiro atoms. The highest BCUT2D eigenvalue weighted by atomic mass is 79.9. The number of rotatable bonds is 8. The number of carbonyl (C=O) groups excluding carboxylic acids is 2. The first-order chi connectivity index (χ1) is 14.8. The number of hydrogen-bond donors (Lipinski definition) is 2. The minimum atomic E-state index is -1.07. The van der Waals surface area contributed by atoms with E-state index >= 15 is 0 Å². The van der Waals surface area contributed by atoms with Crippen molar-refractivity contribution in [1.29, 1.82) is 0 Å². The van der Waals surface area contributed by atoms with Crippen LogP contribution in [0.3, 0.4) is 0 Å². The van der Waals surface area contributed by atoms with Crippen LogP contribution in [0.4, 0.5) is 4.39 Å². The number of nitrogens with zero attached hydrogens (tertiary/aromatic N) is 1. The lowest BCUT2D eigenvalue weighted by Gasteiger charge is -2.25. The van der Waals surface area contributed by atoms with Gasteiger partial charge in [-0.3, -0.25) is 14.4 Å². The lowest BCUT2D eigenvalue weighted by molar-refractivity contribution is -0.140. The van der Waals surface area contributed by atoms with Gasteiger partial charge < -0.3 is 15.1 Å². The number of carbonyl (C=O) groups is 3. The van der Waals surface area contributed by atoms with E-state index in [1.807, 2.05) is 0 Å². The van der Waals surface area contributed by atoms with Crippen molar-refractivity contribution in [2.24, 2.45) is 0 Å². The summed E-state index contributed by atoms with van der Waals surface area (Å²) < 4.78 is 15.4. The number of carboxylic acid groups (broad SMARTS) is 1. The first-order valence-electron chi connectivity index (χ1n) is 9.82. The third kappa shape index (κ3) is 5.02. The van der Waals surface area contributed by atoms with E-state index in [2.05, 4.69) is 15.9 Å². The SMILES string of the molecule is O=C(O)CCCCCN1C(=O)C(=O)/C(=C(/O)c2ccc(Br)cc2)C1c1ccccc1F. The van der Waals surface area contributed by atoms with Gasteiger partial charge in [0.1, 0.15) is 11.6 Å². The monoisotopic (exact) mass is 489 g/mol. The molecular weight excluding hydrogens is 469 g/mol. The molecule has 1 fully saturated rings.